The van der Waals surface area contributed by atoms with E-state index in [0.29, 0.717) is 42.8 Å². The number of rotatable bonds is 6. The lowest BCUT2D eigenvalue weighted by Gasteiger charge is -2.34. The van der Waals surface area contributed by atoms with Crippen LogP contribution in [0.25, 0.3) is 11.3 Å². The number of urea groups is 1. The van der Waals surface area contributed by atoms with Gasteiger partial charge in [-0.2, -0.15) is 13.2 Å². The third-order valence-corrected chi connectivity index (χ3v) is 7.60. The molecule has 1 aliphatic rings. The summed E-state index contributed by atoms with van der Waals surface area (Å²) in [6.07, 6.45) is -2.17. The third-order valence-electron chi connectivity index (χ3n) is 6.66. The number of nitrogen functional groups attached to an aromatic ring is 1. The average molecular weight is 740 g/mol. The van der Waals surface area contributed by atoms with Crippen LogP contribution in [0, 0.1) is 3.57 Å². The molecule has 11 nitrogen and oxygen atoms in total. The minimum Gasteiger partial charge on any atom is -0.444 e. The summed E-state index contributed by atoms with van der Waals surface area (Å²) in [5, 5.41) is 7.91. The number of hydrogen-bond acceptors (Lipinski definition) is 7. The van der Waals surface area contributed by atoms with Crippen LogP contribution in [-0.2, 0) is 17.5 Å². The maximum atomic E-state index is 13.2. The van der Waals surface area contributed by atoms with Gasteiger partial charge in [0.05, 0.1) is 17.5 Å². The van der Waals surface area contributed by atoms with Crippen molar-refractivity contribution >= 4 is 52.1 Å². The van der Waals surface area contributed by atoms with Gasteiger partial charge in [-0.15, -0.1) is 0 Å². The van der Waals surface area contributed by atoms with Gasteiger partial charge in [0.2, 0.25) is 0 Å². The van der Waals surface area contributed by atoms with Gasteiger partial charge >= 0.3 is 18.3 Å². The van der Waals surface area contributed by atoms with E-state index in [9.17, 15) is 27.6 Å². The minimum atomic E-state index is -4.54. The first-order chi connectivity index (χ1) is 21.1. The lowest BCUT2D eigenvalue weighted by Crippen LogP contribution is -2.50. The zero-order chi connectivity index (χ0) is 32.9. The third kappa shape index (κ3) is 9.42. The normalized spacial score (nSPS) is 15.3. The number of nitrogens with one attached hydrogen (secondary N) is 3. The molecular weight excluding hydrogens is 706 g/mol. The number of carbonyl (C=O) groups is 3. The minimum absolute atomic E-state index is 0.0150. The molecule has 15 heteroatoms. The Morgan fingerprint density at radius 1 is 1.11 bits per heavy atom. The van der Waals surface area contributed by atoms with Crippen molar-refractivity contribution in [3.8, 4) is 11.3 Å². The Morgan fingerprint density at radius 2 is 1.82 bits per heavy atom. The summed E-state index contributed by atoms with van der Waals surface area (Å²) in [6, 6.07) is 9.49. The van der Waals surface area contributed by atoms with Gasteiger partial charge in [-0.3, -0.25) is 4.79 Å². The largest absolute Gasteiger partial charge is 0.444 e. The van der Waals surface area contributed by atoms with E-state index in [2.05, 4.69) is 25.9 Å². The molecule has 1 aromatic heterocycles. The van der Waals surface area contributed by atoms with Crippen molar-refractivity contribution in [2.45, 2.75) is 58.0 Å². The number of nitrogens with zero attached hydrogens (tertiary/aromatic N) is 3. The smallest absolute Gasteiger partial charge is 0.417 e. The van der Waals surface area contributed by atoms with Gasteiger partial charge in [-0.25, -0.2) is 19.6 Å². The molecule has 5 N–H and O–H groups in total. The maximum absolute atomic E-state index is 13.2. The Labute approximate surface area is 271 Å². The number of anilines is 2. The van der Waals surface area contributed by atoms with Crippen molar-refractivity contribution in [2.75, 3.05) is 24.1 Å². The Balaban J connectivity index is 1.35. The topological polar surface area (TPSA) is 152 Å². The predicted octanol–water partition coefficient (Wildman–Crippen LogP) is 5.80. The maximum Gasteiger partial charge on any atom is 0.417 e. The molecule has 0 spiro atoms. The van der Waals surface area contributed by atoms with Gasteiger partial charge in [0.1, 0.15) is 5.60 Å². The first kappa shape index (κ1) is 33.7. The van der Waals surface area contributed by atoms with Crippen molar-refractivity contribution in [3.63, 3.8) is 0 Å². The lowest BCUT2D eigenvalue weighted by molar-refractivity contribution is -0.138. The van der Waals surface area contributed by atoms with Crippen LogP contribution < -0.4 is 21.7 Å². The molecule has 2 heterocycles. The first-order valence-electron chi connectivity index (χ1n) is 14.0. The Kier molecular flexibility index (Phi) is 10.4. The van der Waals surface area contributed by atoms with Crippen LogP contribution in [0.4, 0.5) is 34.3 Å². The summed E-state index contributed by atoms with van der Waals surface area (Å²) in [6.45, 7) is 6.30. The molecule has 1 saturated heterocycles. The van der Waals surface area contributed by atoms with E-state index in [1.54, 1.807) is 72.5 Å². The Hall–Kier alpha value is -4.15. The summed E-state index contributed by atoms with van der Waals surface area (Å²) < 4.78 is 45.0. The highest BCUT2D eigenvalue weighted by molar-refractivity contribution is 14.1. The fourth-order valence-electron chi connectivity index (χ4n) is 4.52. The Bertz CT molecular complexity index is 1560. The van der Waals surface area contributed by atoms with Crippen LogP contribution in [0.15, 0.2) is 48.7 Å². The number of hydrogen-bond donors (Lipinski definition) is 4. The molecule has 1 atom stereocenters. The highest BCUT2D eigenvalue weighted by atomic mass is 127. The van der Waals surface area contributed by atoms with Crippen molar-refractivity contribution < 1.29 is 32.3 Å². The van der Waals surface area contributed by atoms with E-state index in [1.165, 1.54) is 18.3 Å². The van der Waals surface area contributed by atoms with Gasteiger partial charge in [-0.05, 0) is 80.0 Å². The summed E-state index contributed by atoms with van der Waals surface area (Å²) >= 11 is 1.59. The summed E-state index contributed by atoms with van der Waals surface area (Å²) in [5.41, 5.74) is 6.23. The number of benzene rings is 2. The number of likely N-dealkylation sites (tertiary alicyclic amines) is 1. The van der Waals surface area contributed by atoms with E-state index >= 15 is 0 Å². The van der Waals surface area contributed by atoms with Crippen molar-refractivity contribution in [1.82, 2.24) is 25.5 Å². The van der Waals surface area contributed by atoms with Crippen LogP contribution in [0.2, 0.25) is 0 Å². The zero-order valence-corrected chi connectivity index (χ0v) is 27.0. The molecule has 1 aliphatic heterocycles. The number of piperidine rings is 1. The summed E-state index contributed by atoms with van der Waals surface area (Å²) in [7, 11) is 0. The van der Waals surface area contributed by atoms with E-state index in [0.717, 1.165) is 6.07 Å². The van der Waals surface area contributed by atoms with Crippen molar-refractivity contribution in [3.05, 3.63) is 69.1 Å². The van der Waals surface area contributed by atoms with Crippen molar-refractivity contribution in [1.29, 1.82) is 0 Å². The average Bonchev–Trinajstić information content (AvgIpc) is 2.96. The van der Waals surface area contributed by atoms with Gasteiger partial charge in [0, 0.05) is 40.5 Å². The molecule has 0 unspecified atom stereocenters. The van der Waals surface area contributed by atoms with E-state index in [1.807, 2.05) is 0 Å². The van der Waals surface area contributed by atoms with Crippen LogP contribution in [-0.4, -0.2) is 57.6 Å². The lowest BCUT2D eigenvalue weighted by atomic mass is 10.1. The number of carbonyl (C=O) groups excluding carboxylic acids is 3. The molecule has 0 saturated carbocycles. The van der Waals surface area contributed by atoms with Crippen LogP contribution in [0.1, 0.15) is 55.2 Å². The molecule has 0 bridgehead atoms. The summed E-state index contributed by atoms with van der Waals surface area (Å²) in [4.78, 5) is 48.0. The standard InChI is InChI=1S/C30H33F3IN7O4/c1-29(2,3)45-28(44)41-12-4-5-20(16-41)38-26(42)24-25(35)36-15-23(40-24)18-8-6-17(7-9-18)14-37-27(43)39-19-10-11-22(34)21(13-19)30(31,32)33/h6-11,13,15,20H,4-5,12,14,16H2,1-3H3,(H2,35,36)(H,38,42)(H2,37,39,43)/t20-/m0/s1. The molecule has 2 aromatic carbocycles. The van der Waals surface area contributed by atoms with E-state index in [4.69, 9.17) is 10.5 Å². The molecular formula is C30H33F3IN7O4. The molecule has 240 valence electrons. The number of amides is 4. The SMILES string of the molecule is CC(C)(C)OC(=O)N1CCC[C@H](NC(=O)c2nc(-c3ccc(CNC(=O)Nc4ccc(I)c(C(F)(F)F)c4)cc3)cnc2N)C1. The molecule has 0 radical (unpaired) electrons. The molecule has 3 aromatic rings. The molecule has 4 amide bonds. The molecule has 4 rings (SSSR count). The van der Waals surface area contributed by atoms with Gasteiger partial charge in [0.15, 0.2) is 11.5 Å². The molecule has 45 heavy (non-hydrogen) atoms. The fraction of sp³-hybridized carbons (Fsp3) is 0.367. The second-order valence-corrected chi connectivity index (χ2v) is 12.6. The quantitative estimate of drug-likeness (QED) is 0.234. The van der Waals surface area contributed by atoms with E-state index in [-0.39, 0.29) is 33.4 Å². The highest BCUT2D eigenvalue weighted by Gasteiger charge is 2.33. The fourth-order valence-corrected chi connectivity index (χ4v) is 5.16. The predicted molar refractivity (Wildman–Crippen MR) is 170 cm³/mol. The Morgan fingerprint density at radius 3 is 2.49 bits per heavy atom. The number of halogens is 4. The van der Waals surface area contributed by atoms with Crippen LogP contribution >= 0.6 is 22.6 Å². The molecule has 1 fully saturated rings. The summed E-state index contributed by atoms with van der Waals surface area (Å²) in [5.74, 6) is -0.557. The monoisotopic (exact) mass is 739 g/mol. The van der Waals surface area contributed by atoms with Gasteiger partial charge in [0.25, 0.3) is 5.91 Å². The van der Waals surface area contributed by atoms with Crippen molar-refractivity contribution in [2.24, 2.45) is 0 Å². The second kappa shape index (κ2) is 13.9. The number of aromatic nitrogens is 2. The number of alkyl halides is 3. The second-order valence-electron chi connectivity index (χ2n) is 11.4. The number of nitrogens with two attached hydrogens (primary N) is 1. The first-order valence-corrected chi connectivity index (χ1v) is 15.1. The molecule has 0 aliphatic carbocycles. The zero-order valence-electron chi connectivity index (χ0n) is 24.8. The van der Waals surface area contributed by atoms with Gasteiger partial charge < -0.3 is 31.3 Å². The van der Waals surface area contributed by atoms with Gasteiger partial charge in [-0.1, -0.05) is 24.3 Å². The van der Waals surface area contributed by atoms with E-state index < -0.39 is 35.4 Å². The number of ether oxygens (including phenoxy) is 1. The highest BCUT2D eigenvalue weighted by Crippen LogP contribution is 2.34. The van der Waals surface area contributed by atoms with Crippen LogP contribution in [0.5, 0.6) is 0 Å². The van der Waals surface area contributed by atoms with Crippen LogP contribution in [0.3, 0.4) is 0 Å².